The molecule has 0 aliphatic carbocycles. The number of rotatable bonds is 8. The van der Waals surface area contributed by atoms with Gasteiger partial charge in [-0.05, 0) is 36.4 Å². The van der Waals surface area contributed by atoms with Crippen molar-refractivity contribution in [3.63, 3.8) is 0 Å². The van der Waals surface area contributed by atoms with Gasteiger partial charge in [0.2, 0.25) is 5.91 Å². The van der Waals surface area contributed by atoms with Gasteiger partial charge in [-0.25, -0.2) is 0 Å². The molecule has 1 aromatic heterocycles. The first-order valence-corrected chi connectivity index (χ1v) is 11.7. The highest BCUT2D eigenvalue weighted by Gasteiger charge is 2.31. The fourth-order valence-corrected chi connectivity index (χ4v) is 5.19. The van der Waals surface area contributed by atoms with Crippen LogP contribution in [0.15, 0.2) is 47.8 Å². The second-order valence-electron chi connectivity index (χ2n) is 8.12. The van der Waals surface area contributed by atoms with E-state index in [2.05, 4.69) is 32.2 Å². The lowest BCUT2D eigenvalue weighted by molar-refractivity contribution is -0.133. The van der Waals surface area contributed by atoms with Crippen molar-refractivity contribution >= 4 is 17.2 Å². The van der Waals surface area contributed by atoms with E-state index in [0.717, 1.165) is 51.3 Å². The number of hydrogen-bond acceptors (Lipinski definition) is 6. The van der Waals surface area contributed by atoms with Crippen LogP contribution in [0.1, 0.15) is 23.8 Å². The summed E-state index contributed by atoms with van der Waals surface area (Å²) in [5, 5.41) is 12.4. The maximum Gasteiger partial charge on any atom is 0.237 e. The molecule has 2 fully saturated rings. The van der Waals surface area contributed by atoms with Gasteiger partial charge in [0.1, 0.15) is 18.5 Å². The van der Waals surface area contributed by atoms with E-state index in [-0.39, 0.29) is 11.9 Å². The second-order valence-corrected chi connectivity index (χ2v) is 9.09. The maximum atomic E-state index is 12.9. The molecule has 1 N–H and O–H groups in total. The quantitative estimate of drug-likeness (QED) is 0.699. The standard InChI is InChI=1S/C23H31N3O3S/c27-19(18-29-20-6-2-1-3-7-20)16-24-11-13-25(14-12-24)17-23(28)26-10-4-8-21(26)22-9-5-15-30-22/h1-3,5-7,9,15,19,21,27H,4,8,10-14,16-18H2. The Morgan fingerprint density at radius 2 is 1.83 bits per heavy atom. The number of nitrogens with zero attached hydrogens (tertiary/aromatic N) is 3. The molecule has 162 valence electrons. The molecule has 2 aliphatic rings. The van der Waals surface area contributed by atoms with Crippen molar-refractivity contribution in [2.24, 2.45) is 0 Å². The van der Waals surface area contributed by atoms with Gasteiger partial charge in [-0.2, -0.15) is 0 Å². The van der Waals surface area contributed by atoms with E-state index in [1.165, 1.54) is 4.88 Å². The molecular weight excluding hydrogens is 398 g/mol. The Morgan fingerprint density at radius 3 is 2.57 bits per heavy atom. The largest absolute Gasteiger partial charge is 0.491 e. The Kier molecular flexibility index (Phi) is 7.38. The van der Waals surface area contributed by atoms with E-state index in [1.807, 2.05) is 30.3 Å². The minimum atomic E-state index is -0.519. The summed E-state index contributed by atoms with van der Waals surface area (Å²) < 4.78 is 5.64. The van der Waals surface area contributed by atoms with Gasteiger partial charge < -0.3 is 14.7 Å². The van der Waals surface area contributed by atoms with Crippen LogP contribution in [0.4, 0.5) is 0 Å². The first-order chi connectivity index (χ1) is 14.7. The van der Waals surface area contributed by atoms with Gasteiger partial charge >= 0.3 is 0 Å². The third kappa shape index (κ3) is 5.60. The first kappa shape index (κ1) is 21.3. The molecule has 6 nitrogen and oxygen atoms in total. The van der Waals surface area contributed by atoms with E-state index in [1.54, 1.807) is 11.3 Å². The SMILES string of the molecule is O=C(CN1CCN(CC(O)COc2ccccc2)CC1)N1CCCC1c1cccs1. The monoisotopic (exact) mass is 429 g/mol. The molecule has 2 aromatic rings. The number of amides is 1. The molecule has 2 aliphatic heterocycles. The minimum Gasteiger partial charge on any atom is -0.491 e. The zero-order valence-electron chi connectivity index (χ0n) is 17.4. The highest BCUT2D eigenvalue weighted by molar-refractivity contribution is 7.10. The molecule has 30 heavy (non-hydrogen) atoms. The van der Waals surface area contributed by atoms with Crippen molar-refractivity contribution < 1.29 is 14.6 Å². The highest BCUT2D eigenvalue weighted by atomic mass is 32.1. The van der Waals surface area contributed by atoms with Gasteiger partial charge in [-0.3, -0.25) is 14.6 Å². The van der Waals surface area contributed by atoms with Crippen LogP contribution in [0.2, 0.25) is 0 Å². The Balaban J connectivity index is 1.18. The number of likely N-dealkylation sites (tertiary alicyclic amines) is 1. The van der Waals surface area contributed by atoms with Crippen molar-refractivity contribution in [2.45, 2.75) is 25.0 Å². The molecule has 4 rings (SSSR count). The Bertz CT molecular complexity index is 778. The number of carbonyl (C=O) groups excluding carboxylic acids is 1. The molecule has 0 spiro atoms. The van der Waals surface area contributed by atoms with E-state index in [4.69, 9.17) is 4.74 Å². The van der Waals surface area contributed by atoms with Crippen molar-refractivity contribution in [1.29, 1.82) is 0 Å². The van der Waals surface area contributed by atoms with Gasteiger partial charge in [0.15, 0.2) is 0 Å². The number of piperazine rings is 1. The van der Waals surface area contributed by atoms with Gasteiger partial charge in [0.25, 0.3) is 0 Å². The Labute approximate surface area is 182 Å². The van der Waals surface area contributed by atoms with Crippen LogP contribution < -0.4 is 4.74 Å². The minimum absolute atomic E-state index is 0.246. The van der Waals surface area contributed by atoms with E-state index >= 15 is 0 Å². The number of carbonyl (C=O) groups is 1. The smallest absolute Gasteiger partial charge is 0.237 e. The number of benzene rings is 1. The lowest BCUT2D eigenvalue weighted by Crippen LogP contribution is -2.51. The average molecular weight is 430 g/mol. The normalized spacial score (nSPS) is 21.6. The summed E-state index contributed by atoms with van der Waals surface area (Å²) >= 11 is 1.75. The number of ether oxygens (including phenoxy) is 1. The van der Waals surface area contributed by atoms with Crippen LogP contribution in [-0.2, 0) is 4.79 Å². The average Bonchev–Trinajstić information content (AvgIpc) is 3.46. The molecular formula is C23H31N3O3S. The van der Waals surface area contributed by atoms with Crippen molar-refractivity contribution in [2.75, 3.05) is 52.4 Å². The number of aliphatic hydroxyl groups excluding tert-OH is 1. The lowest BCUT2D eigenvalue weighted by Gasteiger charge is -2.36. The molecule has 0 saturated carbocycles. The highest BCUT2D eigenvalue weighted by Crippen LogP contribution is 2.34. The summed E-state index contributed by atoms with van der Waals surface area (Å²) in [5.41, 5.74) is 0. The number of hydrogen-bond donors (Lipinski definition) is 1. The van der Waals surface area contributed by atoms with Gasteiger partial charge in [0.05, 0.1) is 12.6 Å². The van der Waals surface area contributed by atoms with Gasteiger partial charge in [0, 0.05) is 44.1 Å². The van der Waals surface area contributed by atoms with Crippen LogP contribution in [0.5, 0.6) is 5.75 Å². The van der Waals surface area contributed by atoms with Crippen LogP contribution >= 0.6 is 11.3 Å². The van der Waals surface area contributed by atoms with Crippen LogP contribution in [0.3, 0.4) is 0 Å². The molecule has 1 aromatic carbocycles. The maximum absolute atomic E-state index is 12.9. The van der Waals surface area contributed by atoms with Crippen LogP contribution in [0.25, 0.3) is 0 Å². The fraction of sp³-hybridized carbons (Fsp3) is 0.522. The van der Waals surface area contributed by atoms with E-state index < -0.39 is 6.10 Å². The molecule has 2 atom stereocenters. The molecule has 3 heterocycles. The summed E-state index contributed by atoms with van der Waals surface area (Å²) in [6, 6.07) is 14.1. The molecule has 0 radical (unpaired) electrons. The third-order valence-corrected chi connectivity index (χ3v) is 6.90. The summed E-state index contributed by atoms with van der Waals surface area (Å²) in [4.78, 5) is 20.8. The third-order valence-electron chi connectivity index (χ3n) is 5.92. The second kappa shape index (κ2) is 10.4. The fourth-order valence-electron chi connectivity index (χ4n) is 4.31. The van der Waals surface area contributed by atoms with Crippen molar-refractivity contribution in [3.05, 3.63) is 52.7 Å². The summed E-state index contributed by atoms with van der Waals surface area (Å²) in [6.45, 7) is 5.70. The van der Waals surface area contributed by atoms with Crippen LogP contribution in [0, 0.1) is 0 Å². The molecule has 2 saturated heterocycles. The van der Waals surface area contributed by atoms with Gasteiger partial charge in [-0.1, -0.05) is 24.3 Å². The summed E-state index contributed by atoms with van der Waals surface area (Å²) in [5.74, 6) is 1.03. The van der Waals surface area contributed by atoms with E-state index in [0.29, 0.717) is 19.7 Å². The topological polar surface area (TPSA) is 56.3 Å². The Hall–Kier alpha value is -1.93. The van der Waals surface area contributed by atoms with Gasteiger partial charge in [-0.15, -0.1) is 11.3 Å². The van der Waals surface area contributed by atoms with Crippen molar-refractivity contribution in [3.8, 4) is 5.75 Å². The predicted octanol–water partition coefficient (Wildman–Crippen LogP) is 2.47. The molecule has 2 unspecified atom stereocenters. The number of para-hydroxylation sites is 1. The Morgan fingerprint density at radius 1 is 1.07 bits per heavy atom. The molecule has 7 heteroatoms. The summed E-state index contributed by atoms with van der Waals surface area (Å²) in [7, 11) is 0. The number of aliphatic hydroxyl groups is 1. The number of thiophene rings is 1. The molecule has 1 amide bonds. The summed E-state index contributed by atoms with van der Waals surface area (Å²) in [6.07, 6.45) is 1.64. The van der Waals surface area contributed by atoms with E-state index in [9.17, 15) is 9.90 Å². The zero-order valence-corrected chi connectivity index (χ0v) is 18.2. The van der Waals surface area contributed by atoms with Crippen LogP contribution in [-0.4, -0.2) is 84.2 Å². The molecule has 0 bridgehead atoms. The zero-order chi connectivity index (χ0) is 20.8. The predicted molar refractivity (Wildman–Crippen MR) is 119 cm³/mol. The lowest BCUT2D eigenvalue weighted by atomic mass is 10.2. The number of β-amino-alcohol motifs (C(OH)–C–C–N with tert-alkyl or cyclic N) is 1. The van der Waals surface area contributed by atoms with Crippen molar-refractivity contribution in [1.82, 2.24) is 14.7 Å². The first-order valence-electron chi connectivity index (χ1n) is 10.8.